The Balaban J connectivity index is 2.29. The number of primary amides is 1. The standard InChI is InChI=1S/C12H14N6O3/c13-4-3-10-7-17(16-15-10)6-9-2-1-8(12(14)19)5-11(9)18(20)21/h1-2,5,7H,3-4,6,13H2,(H2,14,19). The van der Waals surface area contributed by atoms with E-state index < -0.39 is 10.8 Å². The Morgan fingerprint density at radius 1 is 1.43 bits per heavy atom. The van der Waals surface area contributed by atoms with Crippen molar-refractivity contribution in [1.29, 1.82) is 0 Å². The van der Waals surface area contributed by atoms with Gasteiger partial charge >= 0.3 is 0 Å². The van der Waals surface area contributed by atoms with Crippen molar-refractivity contribution >= 4 is 11.6 Å². The molecular weight excluding hydrogens is 276 g/mol. The van der Waals surface area contributed by atoms with Crippen molar-refractivity contribution in [1.82, 2.24) is 15.0 Å². The van der Waals surface area contributed by atoms with E-state index in [4.69, 9.17) is 11.5 Å². The highest BCUT2D eigenvalue weighted by atomic mass is 16.6. The molecule has 0 saturated heterocycles. The van der Waals surface area contributed by atoms with Crippen LogP contribution in [0, 0.1) is 10.1 Å². The lowest BCUT2D eigenvalue weighted by molar-refractivity contribution is -0.385. The first-order valence-corrected chi connectivity index (χ1v) is 6.17. The number of rotatable bonds is 6. The van der Waals surface area contributed by atoms with Crippen molar-refractivity contribution in [2.45, 2.75) is 13.0 Å². The number of benzene rings is 1. The number of aromatic nitrogens is 3. The van der Waals surface area contributed by atoms with Gasteiger partial charge in [0.05, 0.1) is 22.7 Å². The SMILES string of the molecule is NCCc1cn(Cc2ccc(C(N)=O)cc2[N+](=O)[O-])nn1. The van der Waals surface area contributed by atoms with Crippen molar-refractivity contribution in [3.8, 4) is 0 Å². The fourth-order valence-corrected chi connectivity index (χ4v) is 1.87. The minimum Gasteiger partial charge on any atom is -0.366 e. The Morgan fingerprint density at radius 3 is 2.81 bits per heavy atom. The van der Waals surface area contributed by atoms with Crippen LogP contribution in [-0.4, -0.2) is 32.4 Å². The molecule has 1 heterocycles. The van der Waals surface area contributed by atoms with E-state index in [0.717, 1.165) is 6.07 Å². The second-order valence-corrected chi connectivity index (χ2v) is 4.41. The summed E-state index contributed by atoms with van der Waals surface area (Å²) in [5.74, 6) is -0.712. The highest BCUT2D eigenvalue weighted by molar-refractivity contribution is 5.93. The van der Waals surface area contributed by atoms with Crippen LogP contribution < -0.4 is 11.5 Å². The van der Waals surface area contributed by atoms with Gasteiger partial charge in [0.25, 0.3) is 5.69 Å². The third-order valence-electron chi connectivity index (χ3n) is 2.89. The third kappa shape index (κ3) is 3.39. The number of carbonyl (C=O) groups excluding carboxylic acids is 1. The molecular formula is C12H14N6O3. The molecule has 0 aliphatic carbocycles. The molecule has 110 valence electrons. The van der Waals surface area contributed by atoms with Gasteiger partial charge in [-0.2, -0.15) is 0 Å². The van der Waals surface area contributed by atoms with Crippen molar-refractivity contribution < 1.29 is 9.72 Å². The Labute approximate surface area is 119 Å². The highest BCUT2D eigenvalue weighted by Gasteiger charge is 2.17. The van der Waals surface area contributed by atoms with Gasteiger partial charge in [0.1, 0.15) is 0 Å². The lowest BCUT2D eigenvalue weighted by atomic mass is 10.1. The predicted octanol–water partition coefficient (Wildman–Crippen LogP) is -0.165. The number of nitrogens with zero attached hydrogens (tertiary/aromatic N) is 4. The average Bonchev–Trinajstić information content (AvgIpc) is 2.86. The maximum absolute atomic E-state index is 11.1. The summed E-state index contributed by atoms with van der Waals surface area (Å²) in [6.45, 7) is 0.624. The van der Waals surface area contributed by atoms with Crippen LogP contribution >= 0.6 is 0 Å². The van der Waals surface area contributed by atoms with Crippen LogP contribution in [0.5, 0.6) is 0 Å². The number of amides is 1. The molecule has 1 amide bonds. The van der Waals surface area contributed by atoms with Crippen molar-refractivity contribution in [2.24, 2.45) is 11.5 Å². The molecule has 0 saturated carbocycles. The highest BCUT2D eigenvalue weighted by Crippen LogP contribution is 2.21. The topological polar surface area (TPSA) is 143 Å². The van der Waals surface area contributed by atoms with Crippen LogP contribution in [0.4, 0.5) is 5.69 Å². The molecule has 0 aliphatic heterocycles. The van der Waals surface area contributed by atoms with Crippen LogP contribution in [0.1, 0.15) is 21.6 Å². The number of hydrogen-bond acceptors (Lipinski definition) is 6. The molecule has 4 N–H and O–H groups in total. The molecule has 9 heteroatoms. The second-order valence-electron chi connectivity index (χ2n) is 4.41. The first-order valence-electron chi connectivity index (χ1n) is 6.17. The number of hydrogen-bond donors (Lipinski definition) is 2. The van der Waals surface area contributed by atoms with E-state index in [1.807, 2.05) is 0 Å². The van der Waals surface area contributed by atoms with Gasteiger partial charge in [-0.15, -0.1) is 5.10 Å². The molecule has 9 nitrogen and oxygen atoms in total. The Kier molecular flexibility index (Phi) is 4.24. The summed E-state index contributed by atoms with van der Waals surface area (Å²) in [6.07, 6.45) is 2.27. The third-order valence-corrected chi connectivity index (χ3v) is 2.89. The van der Waals surface area contributed by atoms with Crippen LogP contribution in [0.25, 0.3) is 0 Å². The number of carbonyl (C=O) groups is 1. The molecule has 1 aromatic heterocycles. The number of nitrogens with two attached hydrogens (primary N) is 2. The molecule has 0 atom stereocenters. The fourth-order valence-electron chi connectivity index (χ4n) is 1.87. The molecule has 2 aromatic rings. The summed E-state index contributed by atoms with van der Waals surface area (Å²) in [6, 6.07) is 4.10. The average molecular weight is 290 g/mol. The zero-order valence-electron chi connectivity index (χ0n) is 11.1. The first kappa shape index (κ1) is 14.6. The van der Waals surface area contributed by atoms with Gasteiger partial charge in [0.2, 0.25) is 5.91 Å². The molecule has 0 fully saturated rings. The Morgan fingerprint density at radius 2 is 2.19 bits per heavy atom. The largest absolute Gasteiger partial charge is 0.366 e. The maximum Gasteiger partial charge on any atom is 0.275 e. The molecule has 0 spiro atoms. The molecule has 2 rings (SSSR count). The Bertz CT molecular complexity index is 681. The van der Waals surface area contributed by atoms with Gasteiger partial charge in [-0.05, 0) is 18.7 Å². The normalized spacial score (nSPS) is 10.5. The molecule has 0 bridgehead atoms. The lowest BCUT2D eigenvalue weighted by Gasteiger charge is -2.04. The van der Waals surface area contributed by atoms with Crippen LogP contribution in [0.3, 0.4) is 0 Å². The van der Waals surface area contributed by atoms with Crippen LogP contribution in [0.2, 0.25) is 0 Å². The van der Waals surface area contributed by atoms with Gasteiger partial charge in [-0.1, -0.05) is 5.21 Å². The summed E-state index contributed by atoms with van der Waals surface area (Å²) in [5, 5.41) is 18.9. The summed E-state index contributed by atoms with van der Waals surface area (Å²) in [7, 11) is 0. The summed E-state index contributed by atoms with van der Waals surface area (Å²) in [4.78, 5) is 21.6. The smallest absolute Gasteiger partial charge is 0.275 e. The molecule has 0 unspecified atom stereocenters. The maximum atomic E-state index is 11.1. The second kappa shape index (κ2) is 6.09. The zero-order valence-corrected chi connectivity index (χ0v) is 11.1. The van der Waals surface area contributed by atoms with E-state index in [0.29, 0.717) is 24.2 Å². The molecule has 21 heavy (non-hydrogen) atoms. The monoisotopic (exact) mass is 290 g/mol. The van der Waals surface area contributed by atoms with Gasteiger partial charge in [-0.25, -0.2) is 4.68 Å². The first-order chi connectivity index (χ1) is 10.0. The fraction of sp³-hybridized carbons (Fsp3) is 0.250. The van der Waals surface area contributed by atoms with Crippen molar-refractivity contribution in [3.05, 3.63) is 51.3 Å². The quantitative estimate of drug-likeness (QED) is 0.558. The van der Waals surface area contributed by atoms with Gasteiger partial charge in [-0.3, -0.25) is 14.9 Å². The van der Waals surface area contributed by atoms with Crippen LogP contribution in [0.15, 0.2) is 24.4 Å². The molecule has 0 aliphatic rings. The Hall–Kier alpha value is -2.81. The van der Waals surface area contributed by atoms with E-state index in [-0.39, 0.29) is 17.8 Å². The minimum absolute atomic E-state index is 0.0906. The summed E-state index contributed by atoms with van der Waals surface area (Å²) in [5.41, 5.74) is 11.6. The summed E-state index contributed by atoms with van der Waals surface area (Å²) >= 11 is 0. The van der Waals surface area contributed by atoms with E-state index in [2.05, 4.69) is 10.3 Å². The van der Waals surface area contributed by atoms with Crippen LogP contribution in [-0.2, 0) is 13.0 Å². The van der Waals surface area contributed by atoms with Gasteiger partial charge in [0.15, 0.2) is 0 Å². The molecule has 0 radical (unpaired) electrons. The zero-order chi connectivity index (χ0) is 15.4. The van der Waals surface area contributed by atoms with E-state index in [1.54, 1.807) is 6.20 Å². The van der Waals surface area contributed by atoms with Crippen molar-refractivity contribution in [2.75, 3.05) is 6.54 Å². The van der Waals surface area contributed by atoms with Gasteiger partial charge < -0.3 is 11.5 Å². The number of nitro groups is 1. The molecule has 1 aromatic carbocycles. The number of nitro benzene ring substituents is 1. The summed E-state index contributed by atoms with van der Waals surface area (Å²) < 4.78 is 1.48. The van der Waals surface area contributed by atoms with E-state index in [1.165, 1.54) is 16.8 Å². The van der Waals surface area contributed by atoms with E-state index >= 15 is 0 Å². The van der Waals surface area contributed by atoms with Gasteiger partial charge in [0, 0.05) is 24.2 Å². The van der Waals surface area contributed by atoms with Crippen molar-refractivity contribution in [3.63, 3.8) is 0 Å². The van der Waals surface area contributed by atoms with E-state index in [9.17, 15) is 14.9 Å². The predicted molar refractivity (Wildman–Crippen MR) is 73.5 cm³/mol. The minimum atomic E-state index is -0.712. The lowest BCUT2D eigenvalue weighted by Crippen LogP contribution is -2.12.